The van der Waals surface area contributed by atoms with Crippen molar-refractivity contribution >= 4 is 23.6 Å². The van der Waals surface area contributed by atoms with Crippen molar-refractivity contribution < 1.29 is 28.6 Å². The molecule has 0 saturated carbocycles. The monoisotopic (exact) mass is 510 g/mol. The number of rotatable bonds is 6. The lowest BCUT2D eigenvalue weighted by atomic mass is 10.1. The summed E-state index contributed by atoms with van der Waals surface area (Å²) < 4.78 is 15.6. The molecule has 0 spiro atoms. The molecular formula is C30H26N2O6. The molecule has 1 heterocycles. The zero-order chi connectivity index (χ0) is 27.2. The Bertz CT molecular complexity index is 1480. The van der Waals surface area contributed by atoms with E-state index in [-0.39, 0.29) is 36.6 Å². The highest BCUT2D eigenvalue weighted by atomic mass is 16.5. The lowest BCUT2D eigenvalue weighted by Crippen LogP contribution is -2.09. The van der Waals surface area contributed by atoms with Gasteiger partial charge in [-0.1, -0.05) is 42.3 Å². The molecule has 4 aliphatic rings. The van der Waals surface area contributed by atoms with Crippen LogP contribution < -0.4 is 5.73 Å². The molecular weight excluding hydrogens is 484 g/mol. The van der Waals surface area contributed by atoms with Crippen molar-refractivity contribution in [2.24, 2.45) is 0 Å². The van der Waals surface area contributed by atoms with Gasteiger partial charge in [-0.2, -0.15) is 0 Å². The second kappa shape index (κ2) is 11.4. The molecule has 0 bridgehead atoms. The highest BCUT2D eigenvalue weighted by Crippen LogP contribution is 2.39. The van der Waals surface area contributed by atoms with Crippen LogP contribution in [0, 0.1) is 11.8 Å². The predicted molar refractivity (Wildman–Crippen MR) is 142 cm³/mol. The quantitative estimate of drug-likeness (QED) is 0.223. The molecule has 2 N–H and O–H groups in total. The Balaban J connectivity index is 1.85. The molecule has 0 amide bonds. The number of carbonyl (C=O) groups is 3. The van der Waals surface area contributed by atoms with Gasteiger partial charge >= 0.3 is 17.9 Å². The summed E-state index contributed by atoms with van der Waals surface area (Å²) in [5.74, 6) is 4.24. The van der Waals surface area contributed by atoms with Crippen molar-refractivity contribution in [1.29, 1.82) is 0 Å². The third-order valence-corrected chi connectivity index (χ3v) is 5.74. The van der Waals surface area contributed by atoms with E-state index < -0.39 is 17.9 Å². The van der Waals surface area contributed by atoms with Crippen LogP contribution in [0.2, 0.25) is 0 Å². The summed E-state index contributed by atoms with van der Waals surface area (Å²) >= 11 is 0. The van der Waals surface area contributed by atoms with E-state index >= 15 is 0 Å². The van der Waals surface area contributed by atoms with E-state index in [2.05, 4.69) is 16.8 Å². The van der Waals surface area contributed by atoms with Crippen molar-refractivity contribution in [2.75, 3.05) is 25.6 Å². The van der Waals surface area contributed by atoms with E-state index in [0.717, 1.165) is 0 Å². The Morgan fingerprint density at radius 2 is 1.21 bits per heavy atom. The van der Waals surface area contributed by atoms with Gasteiger partial charge < -0.3 is 19.9 Å². The number of ether oxygens (including phenoxy) is 3. The first-order valence-electron chi connectivity index (χ1n) is 12.2. The van der Waals surface area contributed by atoms with E-state index in [1.807, 2.05) is 18.2 Å². The van der Waals surface area contributed by atoms with Gasteiger partial charge in [-0.25, -0.2) is 19.4 Å². The fraction of sp³-hybridized carbons (Fsp3) is 0.200. The molecule has 8 nitrogen and oxygen atoms in total. The van der Waals surface area contributed by atoms with Crippen LogP contribution in [0.15, 0.2) is 54.6 Å². The summed E-state index contributed by atoms with van der Waals surface area (Å²) in [6.45, 7) is 5.62. The number of nitrogen functional groups attached to an aromatic ring is 1. The zero-order valence-electron chi connectivity index (χ0n) is 21.3. The number of aromatic nitrogens is 1. The molecule has 0 aromatic heterocycles. The first-order valence-corrected chi connectivity index (χ1v) is 12.2. The maximum atomic E-state index is 12.7. The molecule has 4 rings (SSSR count). The minimum Gasteiger partial charge on any atom is -0.462 e. The summed E-state index contributed by atoms with van der Waals surface area (Å²) in [6, 6.07) is 15.8. The molecule has 0 unspecified atom stereocenters. The number of nitrogens with zero attached hydrogens (tertiary/aromatic N) is 1. The van der Waals surface area contributed by atoms with Crippen molar-refractivity contribution in [3.63, 3.8) is 0 Å². The number of esters is 3. The summed E-state index contributed by atoms with van der Waals surface area (Å²) in [5, 5.41) is 0. The molecule has 1 aliphatic heterocycles. The van der Waals surface area contributed by atoms with Gasteiger partial charge in [0.15, 0.2) is 0 Å². The summed E-state index contributed by atoms with van der Waals surface area (Å²) in [4.78, 5) is 42.7. The first-order chi connectivity index (χ1) is 18.4. The van der Waals surface area contributed by atoms with Gasteiger partial charge in [0.25, 0.3) is 0 Å². The summed E-state index contributed by atoms with van der Waals surface area (Å²) in [7, 11) is 0. The lowest BCUT2D eigenvalue weighted by Gasteiger charge is -2.03. The second-order valence-corrected chi connectivity index (χ2v) is 8.07. The van der Waals surface area contributed by atoms with Gasteiger partial charge in [-0.15, -0.1) is 0 Å². The molecule has 0 aromatic rings. The first kappa shape index (κ1) is 26.2. The van der Waals surface area contributed by atoms with Crippen LogP contribution in [-0.4, -0.2) is 42.7 Å². The molecule has 0 aromatic carbocycles. The van der Waals surface area contributed by atoms with E-state index in [0.29, 0.717) is 39.2 Å². The Morgan fingerprint density at radius 1 is 0.684 bits per heavy atom. The van der Waals surface area contributed by atoms with Crippen molar-refractivity contribution in [2.45, 2.75) is 20.8 Å². The maximum absolute atomic E-state index is 12.7. The average molecular weight is 511 g/mol. The molecule has 0 atom stereocenters. The number of hydrogen-bond donors (Lipinski definition) is 1. The highest BCUT2D eigenvalue weighted by Gasteiger charge is 2.30. The van der Waals surface area contributed by atoms with Crippen molar-refractivity contribution in [1.82, 2.24) is 4.98 Å². The Labute approximate surface area is 220 Å². The average Bonchev–Trinajstić information content (AvgIpc) is 3.15. The molecule has 0 fully saturated rings. The van der Waals surface area contributed by atoms with E-state index in [1.54, 1.807) is 57.2 Å². The summed E-state index contributed by atoms with van der Waals surface area (Å²) in [6.07, 6.45) is 0. The van der Waals surface area contributed by atoms with Crippen LogP contribution in [0.3, 0.4) is 0 Å². The van der Waals surface area contributed by atoms with Crippen molar-refractivity contribution in [3.05, 3.63) is 82.5 Å². The molecule has 38 heavy (non-hydrogen) atoms. The van der Waals surface area contributed by atoms with Crippen LogP contribution in [0.25, 0.3) is 22.4 Å². The van der Waals surface area contributed by atoms with Gasteiger partial charge in [0.2, 0.25) is 0 Å². The van der Waals surface area contributed by atoms with Crippen LogP contribution >= 0.6 is 0 Å². The predicted octanol–water partition coefficient (Wildman–Crippen LogP) is 4.80. The number of fused-ring (bicyclic) bond motifs is 2. The standard InChI is InChI=1S/C30H26N2O6/c1-4-36-28(33)24-21-10-8-7-9-11-22(21)32-23(24)17-14-18-12-15-19-20(16-13-18)26(30(35)38-6-3)27(31)25(19)29(34)37-5-2/h7-13,15-16H,4-6,31H2,1-3H3. The molecule has 192 valence electrons. The topological polar surface area (TPSA) is 118 Å². The lowest BCUT2D eigenvalue weighted by molar-refractivity contribution is 0.0516. The number of anilines is 1. The van der Waals surface area contributed by atoms with Crippen LogP contribution in [0.5, 0.6) is 0 Å². The molecule has 8 heteroatoms. The van der Waals surface area contributed by atoms with E-state index in [4.69, 9.17) is 19.9 Å². The van der Waals surface area contributed by atoms with Crippen LogP contribution in [0.1, 0.15) is 63.1 Å². The minimum atomic E-state index is -0.635. The molecule has 0 radical (unpaired) electrons. The van der Waals surface area contributed by atoms with Gasteiger partial charge in [-0.05, 0) is 56.0 Å². The molecule has 0 saturated heterocycles. The van der Waals surface area contributed by atoms with E-state index in [1.165, 1.54) is 0 Å². The Morgan fingerprint density at radius 3 is 1.76 bits per heavy atom. The number of hydrogen-bond acceptors (Lipinski definition) is 8. The SMILES string of the molecule is CCOC(=O)c1c2cccccc-2nc1C#Cc1ccc2c(C(=O)OCC)c(N)c(C(=O)OCC)c-2cc1. The van der Waals surface area contributed by atoms with Crippen LogP contribution in [-0.2, 0) is 14.2 Å². The Kier molecular flexibility index (Phi) is 7.88. The number of nitrogens with two attached hydrogens (primary N) is 1. The van der Waals surface area contributed by atoms with E-state index in [9.17, 15) is 14.4 Å². The number of carbonyl (C=O) groups excluding carboxylic acids is 3. The maximum Gasteiger partial charge on any atom is 0.341 e. The fourth-order valence-electron chi connectivity index (χ4n) is 4.14. The van der Waals surface area contributed by atoms with Gasteiger partial charge in [0.1, 0.15) is 11.3 Å². The Hall–Kier alpha value is -4.90. The fourth-order valence-corrected chi connectivity index (χ4v) is 4.14. The smallest absolute Gasteiger partial charge is 0.341 e. The van der Waals surface area contributed by atoms with Gasteiger partial charge in [0.05, 0.1) is 42.3 Å². The molecule has 3 aliphatic carbocycles. The minimum absolute atomic E-state index is 0.00986. The zero-order valence-corrected chi connectivity index (χ0v) is 21.3. The third kappa shape index (κ3) is 5.00. The summed E-state index contributed by atoms with van der Waals surface area (Å²) in [5.41, 5.74) is 9.71. The largest absolute Gasteiger partial charge is 0.462 e. The normalized spacial score (nSPS) is 10.5. The second-order valence-electron chi connectivity index (χ2n) is 8.07. The van der Waals surface area contributed by atoms with Crippen molar-refractivity contribution in [3.8, 4) is 34.2 Å². The van der Waals surface area contributed by atoms with Gasteiger partial charge in [-0.3, -0.25) is 0 Å². The highest BCUT2D eigenvalue weighted by molar-refractivity contribution is 6.15. The van der Waals surface area contributed by atoms with Gasteiger partial charge in [0, 0.05) is 11.1 Å². The third-order valence-electron chi connectivity index (χ3n) is 5.74. The van der Waals surface area contributed by atoms with Crippen LogP contribution in [0.4, 0.5) is 5.69 Å².